The zero-order chi connectivity index (χ0) is 14.0. The molecule has 0 unspecified atom stereocenters. The van der Waals surface area contributed by atoms with Crippen molar-refractivity contribution < 1.29 is 14.3 Å². The van der Waals surface area contributed by atoms with Gasteiger partial charge in [-0.3, -0.25) is 14.6 Å². The minimum Gasteiger partial charge on any atom is -0.430 e. The Morgan fingerprint density at radius 1 is 1.32 bits per heavy atom. The van der Waals surface area contributed by atoms with Gasteiger partial charge >= 0.3 is 5.97 Å². The summed E-state index contributed by atoms with van der Waals surface area (Å²) in [4.78, 5) is 27.8. The van der Waals surface area contributed by atoms with Crippen LogP contribution < -0.4 is 0 Å². The van der Waals surface area contributed by atoms with Gasteiger partial charge < -0.3 is 4.74 Å². The van der Waals surface area contributed by atoms with Crippen LogP contribution in [0, 0.1) is 5.92 Å². The van der Waals surface area contributed by atoms with Gasteiger partial charge in [0.05, 0.1) is 10.7 Å². The van der Waals surface area contributed by atoms with Gasteiger partial charge in [-0.15, -0.1) is 0 Å². The van der Waals surface area contributed by atoms with E-state index in [2.05, 4.69) is 4.99 Å². The number of hydrogen-bond acceptors (Lipinski definition) is 4. The number of nitrogens with zero attached hydrogens (tertiary/aromatic N) is 1. The van der Waals surface area contributed by atoms with E-state index in [9.17, 15) is 9.59 Å². The Bertz CT molecular complexity index is 604. The summed E-state index contributed by atoms with van der Waals surface area (Å²) in [5, 5.41) is 0.463. The Morgan fingerprint density at radius 3 is 2.63 bits per heavy atom. The molecule has 0 aliphatic carbocycles. The van der Waals surface area contributed by atoms with Crippen molar-refractivity contribution in [3.05, 3.63) is 41.1 Å². The van der Waals surface area contributed by atoms with Gasteiger partial charge in [0.15, 0.2) is 11.7 Å². The normalized spacial score (nSPS) is 20.1. The van der Waals surface area contributed by atoms with Crippen LogP contribution in [-0.2, 0) is 14.3 Å². The predicted molar refractivity (Wildman–Crippen MR) is 72.6 cm³/mol. The molecule has 0 aromatic heterocycles. The lowest BCUT2D eigenvalue weighted by Gasteiger charge is -2.18. The van der Waals surface area contributed by atoms with E-state index >= 15 is 0 Å². The van der Waals surface area contributed by atoms with Gasteiger partial charge in [0, 0.05) is 11.8 Å². The number of carbonyl (C=O) groups is 2. The maximum absolute atomic E-state index is 11.8. The van der Waals surface area contributed by atoms with E-state index in [0.717, 1.165) is 0 Å². The second-order valence-corrected chi connectivity index (χ2v) is 4.62. The molecule has 0 fully saturated rings. The van der Waals surface area contributed by atoms with Gasteiger partial charge in [-0.1, -0.05) is 23.7 Å². The van der Waals surface area contributed by atoms with Crippen molar-refractivity contribution in [2.24, 2.45) is 10.9 Å². The van der Waals surface area contributed by atoms with Crippen molar-refractivity contribution in [3.8, 4) is 0 Å². The molecule has 0 bridgehead atoms. The van der Waals surface area contributed by atoms with E-state index in [1.807, 2.05) is 0 Å². The molecule has 4 nitrogen and oxygen atoms in total. The summed E-state index contributed by atoms with van der Waals surface area (Å²) in [6, 6.07) is 6.97. The van der Waals surface area contributed by atoms with Crippen molar-refractivity contribution >= 4 is 34.8 Å². The van der Waals surface area contributed by atoms with Gasteiger partial charge in [0.1, 0.15) is 5.76 Å². The molecule has 19 heavy (non-hydrogen) atoms. The maximum Gasteiger partial charge on any atom is 0.327 e. The Balaban J connectivity index is 2.34. The van der Waals surface area contributed by atoms with Gasteiger partial charge in [-0.05, 0) is 26.0 Å². The number of cyclic esters (lactones) is 1. The average Bonchev–Trinajstić information content (AvgIpc) is 2.30. The third-order valence-electron chi connectivity index (χ3n) is 2.69. The molecule has 1 aliphatic rings. The van der Waals surface area contributed by atoms with E-state index in [0.29, 0.717) is 22.2 Å². The van der Waals surface area contributed by atoms with E-state index in [-0.39, 0.29) is 5.78 Å². The summed E-state index contributed by atoms with van der Waals surface area (Å²) in [5.74, 6) is -1.60. The molecule has 0 N–H and O–H groups in total. The van der Waals surface area contributed by atoms with E-state index < -0.39 is 11.9 Å². The van der Waals surface area contributed by atoms with Crippen molar-refractivity contribution in [2.45, 2.75) is 13.8 Å². The highest BCUT2D eigenvalue weighted by Gasteiger charge is 2.33. The molecular weight excluding hydrogens is 266 g/mol. The van der Waals surface area contributed by atoms with Crippen molar-refractivity contribution in [1.29, 1.82) is 0 Å². The summed E-state index contributed by atoms with van der Waals surface area (Å²) in [7, 11) is 0. The summed E-state index contributed by atoms with van der Waals surface area (Å²) < 4.78 is 4.95. The van der Waals surface area contributed by atoms with E-state index in [1.54, 1.807) is 38.1 Å². The second kappa shape index (κ2) is 5.36. The average molecular weight is 278 g/mol. The van der Waals surface area contributed by atoms with Crippen molar-refractivity contribution in [1.82, 2.24) is 0 Å². The molecule has 2 rings (SSSR count). The van der Waals surface area contributed by atoms with Crippen LogP contribution in [0.2, 0.25) is 5.02 Å². The Labute approximate surface area is 115 Å². The lowest BCUT2D eigenvalue weighted by Crippen LogP contribution is -2.34. The first-order chi connectivity index (χ1) is 8.99. The smallest absolute Gasteiger partial charge is 0.327 e. The number of rotatable bonds is 2. The summed E-state index contributed by atoms with van der Waals surface area (Å²) in [5.41, 5.74) is 0.889. The second-order valence-electron chi connectivity index (χ2n) is 4.22. The molecule has 98 valence electrons. The number of para-hydroxylation sites is 1. The van der Waals surface area contributed by atoms with Gasteiger partial charge in [-0.2, -0.15) is 0 Å². The Kier molecular flexibility index (Phi) is 3.81. The highest BCUT2D eigenvalue weighted by Crippen LogP contribution is 2.26. The zero-order valence-corrected chi connectivity index (χ0v) is 11.3. The molecular formula is C14H12ClNO3. The SMILES string of the molecule is CC1=CC(=O)[C@H](C(C)=Nc2ccccc2Cl)C(=O)O1. The first kappa shape index (κ1) is 13.5. The molecule has 1 aromatic carbocycles. The Hall–Kier alpha value is -1.94. The highest BCUT2D eigenvalue weighted by atomic mass is 35.5. The number of halogens is 1. The molecule has 5 heteroatoms. The number of ketones is 1. The van der Waals surface area contributed by atoms with E-state index in [4.69, 9.17) is 16.3 Å². The van der Waals surface area contributed by atoms with Crippen LogP contribution in [0.5, 0.6) is 0 Å². The van der Waals surface area contributed by atoms with Crippen LogP contribution in [-0.4, -0.2) is 17.5 Å². The lowest BCUT2D eigenvalue weighted by atomic mass is 9.96. The van der Waals surface area contributed by atoms with Crippen LogP contribution in [0.1, 0.15) is 13.8 Å². The fourth-order valence-corrected chi connectivity index (χ4v) is 2.00. The molecule has 1 atom stereocenters. The Morgan fingerprint density at radius 2 is 2.00 bits per heavy atom. The zero-order valence-electron chi connectivity index (χ0n) is 10.5. The standard InChI is InChI=1S/C14H12ClNO3/c1-8-7-12(17)13(14(18)19-8)9(2)16-11-6-4-3-5-10(11)15/h3-7,13H,1-2H3/t13-/m0/s1. The maximum atomic E-state index is 11.8. The van der Waals surface area contributed by atoms with E-state index in [1.165, 1.54) is 6.08 Å². The topological polar surface area (TPSA) is 55.7 Å². The first-order valence-corrected chi connectivity index (χ1v) is 6.10. The number of ether oxygens (including phenoxy) is 1. The number of aliphatic imine (C=N–C) groups is 1. The molecule has 0 saturated heterocycles. The fraction of sp³-hybridized carbons (Fsp3) is 0.214. The quantitative estimate of drug-likeness (QED) is 0.474. The van der Waals surface area contributed by atoms with Gasteiger partial charge in [0.2, 0.25) is 0 Å². The minimum atomic E-state index is -0.986. The fourth-order valence-electron chi connectivity index (χ4n) is 1.82. The van der Waals surface area contributed by atoms with Crippen LogP contribution in [0.25, 0.3) is 0 Å². The molecule has 1 aromatic rings. The van der Waals surface area contributed by atoms with Crippen molar-refractivity contribution in [3.63, 3.8) is 0 Å². The number of esters is 1. The summed E-state index contributed by atoms with van der Waals surface area (Å²) in [6.07, 6.45) is 1.30. The number of benzene rings is 1. The third-order valence-corrected chi connectivity index (χ3v) is 3.01. The third kappa shape index (κ3) is 2.90. The molecule has 0 radical (unpaired) electrons. The molecule has 0 spiro atoms. The lowest BCUT2D eigenvalue weighted by molar-refractivity contribution is -0.146. The highest BCUT2D eigenvalue weighted by molar-refractivity contribution is 6.33. The summed E-state index contributed by atoms with van der Waals surface area (Å²) in [6.45, 7) is 3.17. The van der Waals surface area contributed by atoms with Gasteiger partial charge in [-0.25, -0.2) is 0 Å². The molecule has 0 saturated carbocycles. The van der Waals surface area contributed by atoms with Gasteiger partial charge in [0.25, 0.3) is 0 Å². The number of carbonyl (C=O) groups excluding carboxylic acids is 2. The molecule has 1 heterocycles. The molecule has 1 aliphatic heterocycles. The monoisotopic (exact) mass is 277 g/mol. The number of hydrogen-bond donors (Lipinski definition) is 0. The predicted octanol–water partition coefficient (Wildman–Crippen LogP) is 3.08. The summed E-state index contributed by atoms with van der Waals surface area (Å²) >= 11 is 5.98. The number of allylic oxidation sites excluding steroid dienone is 2. The first-order valence-electron chi connectivity index (χ1n) is 5.72. The van der Waals surface area contributed by atoms with Crippen molar-refractivity contribution in [2.75, 3.05) is 0 Å². The van der Waals surface area contributed by atoms with Crippen LogP contribution >= 0.6 is 11.6 Å². The van der Waals surface area contributed by atoms with Crippen LogP contribution in [0.3, 0.4) is 0 Å². The largest absolute Gasteiger partial charge is 0.430 e. The van der Waals surface area contributed by atoms with Crippen LogP contribution in [0.4, 0.5) is 5.69 Å². The van der Waals surface area contributed by atoms with Crippen LogP contribution in [0.15, 0.2) is 41.1 Å². The minimum absolute atomic E-state index is 0.303. The molecule has 0 amide bonds.